The third-order valence-electron chi connectivity index (χ3n) is 5.25. The second-order valence-corrected chi connectivity index (χ2v) is 10.2. The van der Waals surface area contributed by atoms with Crippen LogP contribution in [0, 0.1) is 10.1 Å². The molecule has 0 bridgehead atoms. The molecular formula is C25H18Br2N2O6S. The summed E-state index contributed by atoms with van der Waals surface area (Å²) in [4.78, 5) is 37.3. The molecule has 1 heterocycles. The van der Waals surface area contributed by atoms with Gasteiger partial charge in [-0.15, -0.1) is 0 Å². The minimum absolute atomic E-state index is 0.0143. The summed E-state index contributed by atoms with van der Waals surface area (Å²) in [5.41, 5.74) is 2.16. The van der Waals surface area contributed by atoms with Gasteiger partial charge in [0.05, 0.1) is 28.0 Å². The number of hydrogen-bond acceptors (Lipinski definition) is 7. The van der Waals surface area contributed by atoms with E-state index in [0.29, 0.717) is 38.2 Å². The fourth-order valence-corrected chi connectivity index (χ4v) is 5.19. The third kappa shape index (κ3) is 5.63. The molecular weight excluding hydrogens is 616 g/mol. The highest BCUT2D eigenvalue weighted by Gasteiger charge is 2.35. The first kappa shape index (κ1) is 25.9. The van der Waals surface area contributed by atoms with E-state index in [2.05, 4.69) is 31.9 Å². The summed E-state index contributed by atoms with van der Waals surface area (Å²) < 4.78 is 12.8. The number of rotatable bonds is 8. The van der Waals surface area contributed by atoms with Gasteiger partial charge in [-0.05, 0) is 72.5 Å². The molecule has 3 aromatic carbocycles. The zero-order valence-corrected chi connectivity index (χ0v) is 22.8. The number of carbonyl (C=O) groups excluding carboxylic acids is 2. The number of methoxy groups -OCH3 is 1. The molecule has 0 aliphatic carbocycles. The summed E-state index contributed by atoms with van der Waals surface area (Å²) in [6.45, 7) is 0.351. The minimum Gasteiger partial charge on any atom is -0.493 e. The van der Waals surface area contributed by atoms with E-state index in [1.807, 2.05) is 30.3 Å². The molecule has 1 saturated heterocycles. The third-order valence-corrected chi connectivity index (χ3v) is 8.30. The van der Waals surface area contributed by atoms with Crippen LogP contribution in [0.3, 0.4) is 0 Å². The Kier molecular flexibility index (Phi) is 8.12. The number of ether oxygens (including phenoxy) is 2. The molecule has 0 unspecified atom stereocenters. The first-order valence-corrected chi connectivity index (χ1v) is 12.9. The van der Waals surface area contributed by atoms with Gasteiger partial charge in [-0.25, -0.2) is 0 Å². The van der Waals surface area contributed by atoms with Crippen molar-refractivity contribution >= 4 is 66.5 Å². The molecule has 8 nitrogen and oxygen atoms in total. The molecule has 36 heavy (non-hydrogen) atoms. The van der Waals surface area contributed by atoms with Crippen molar-refractivity contribution in [1.29, 1.82) is 0 Å². The predicted octanol–water partition coefficient (Wildman–Crippen LogP) is 6.94. The Morgan fingerprint density at radius 1 is 1.03 bits per heavy atom. The number of nitrogens with zero attached hydrogens (tertiary/aromatic N) is 2. The highest BCUT2D eigenvalue weighted by molar-refractivity contribution is 9.13. The summed E-state index contributed by atoms with van der Waals surface area (Å²) in [6.07, 6.45) is 1.61. The molecule has 0 spiro atoms. The van der Waals surface area contributed by atoms with Crippen LogP contribution in [0.4, 0.5) is 10.5 Å². The summed E-state index contributed by atoms with van der Waals surface area (Å²) in [5, 5.41) is 10.4. The van der Waals surface area contributed by atoms with Crippen molar-refractivity contribution in [3.8, 4) is 11.5 Å². The molecule has 0 aromatic heterocycles. The molecule has 11 heteroatoms. The first-order valence-electron chi connectivity index (χ1n) is 10.5. The molecule has 184 valence electrons. The number of benzene rings is 3. The summed E-state index contributed by atoms with van der Waals surface area (Å²) in [5.74, 6) is 0.503. The number of amides is 2. The highest BCUT2D eigenvalue weighted by atomic mass is 79.9. The molecule has 0 atom stereocenters. The topological polar surface area (TPSA) is 99.0 Å². The number of nitro benzene ring substituents is 1. The lowest BCUT2D eigenvalue weighted by atomic mass is 10.1. The van der Waals surface area contributed by atoms with Gasteiger partial charge in [0.2, 0.25) is 0 Å². The van der Waals surface area contributed by atoms with Crippen LogP contribution in [0.5, 0.6) is 11.5 Å². The predicted molar refractivity (Wildman–Crippen MR) is 144 cm³/mol. The number of hydrogen-bond donors (Lipinski definition) is 0. The molecule has 4 rings (SSSR count). The monoisotopic (exact) mass is 632 g/mol. The molecule has 0 N–H and O–H groups in total. The van der Waals surface area contributed by atoms with Crippen molar-refractivity contribution in [2.45, 2.75) is 13.2 Å². The summed E-state index contributed by atoms with van der Waals surface area (Å²) >= 11 is 7.92. The largest absolute Gasteiger partial charge is 0.493 e. The van der Waals surface area contributed by atoms with Crippen molar-refractivity contribution in [1.82, 2.24) is 4.90 Å². The minimum atomic E-state index is -0.505. The number of thioether (sulfide) groups is 1. The SMILES string of the molecule is COc1cc(/C=C2\SC(=O)N(Cc3ccc([N+](=O)[O-])cc3)C2=O)c(Br)c(Br)c1OCc1ccccc1. The molecule has 1 aliphatic rings. The van der Waals surface area contributed by atoms with E-state index in [1.165, 1.54) is 31.4 Å². The lowest BCUT2D eigenvalue weighted by molar-refractivity contribution is -0.384. The van der Waals surface area contributed by atoms with Crippen LogP contribution in [0.15, 0.2) is 74.5 Å². The van der Waals surface area contributed by atoms with Gasteiger partial charge >= 0.3 is 0 Å². The van der Waals surface area contributed by atoms with Gasteiger partial charge in [-0.2, -0.15) is 0 Å². The lowest BCUT2D eigenvalue weighted by Gasteiger charge is -2.16. The van der Waals surface area contributed by atoms with Gasteiger partial charge in [0.25, 0.3) is 16.8 Å². The van der Waals surface area contributed by atoms with Gasteiger partial charge < -0.3 is 9.47 Å². The van der Waals surface area contributed by atoms with E-state index in [0.717, 1.165) is 22.2 Å². The van der Waals surface area contributed by atoms with Gasteiger partial charge in [0.1, 0.15) is 6.61 Å². The molecule has 3 aromatic rings. The summed E-state index contributed by atoms with van der Waals surface area (Å²) in [6, 6.07) is 17.2. The number of nitro groups is 1. The molecule has 2 amide bonds. The van der Waals surface area contributed by atoms with Gasteiger partial charge in [-0.3, -0.25) is 24.6 Å². The zero-order chi connectivity index (χ0) is 25.8. The fourth-order valence-electron chi connectivity index (χ4n) is 3.41. The Hall–Kier alpha value is -3.15. The average Bonchev–Trinajstić information content (AvgIpc) is 3.14. The van der Waals surface area contributed by atoms with E-state index < -0.39 is 16.1 Å². The second-order valence-electron chi connectivity index (χ2n) is 7.59. The van der Waals surface area contributed by atoms with Crippen molar-refractivity contribution in [2.24, 2.45) is 0 Å². The van der Waals surface area contributed by atoms with E-state index in [1.54, 1.807) is 12.1 Å². The Morgan fingerprint density at radius 3 is 2.36 bits per heavy atom. The highest BCUT2D eigenvalue weighted by Crippen LogP contribution is 2.45. The second kappa shape index (κ2) is 11.3. The lowest BCUT2D eigenvalue weighted by Crippen LogP contribution is -2.27. The summed E-state index contributed by atoms with van der Waals surface area (Å²) in [7, 11) is 1.52. The number of carbonyl (C=O) groups is 2. The molecule has 0 radical (unpaired) electrons. The maximum atomic E-state index is 13.0. The maximum absolute atomic E-state index is 13.0. The van der Waals surface area contributed by atoms with Crippen LogP contribution < -0.4 is 9.47 Å². The van der Waals surface area contributed by atoms with Crippen molar-refractivity contribution in [3.05, 3.63) is 101 Å². The van der Waals surface area contributed by atoms with Crippen LogP contribution in [-0.4, -0.2) is 28.1 Å². The molecule has 0 saturated carbocycles. The standard InChI is InChI=1S/C25H18Br2N2O6S/c1-34-19-11-17(21(26)22(27)23(19)35-14-16-5-3-2-4-6-16)12-20-24(30)28(25(31)36-20)13-15-7-9-18(10-8-15)29(32)33/h2-12H,13-14H2,1H3/b20-12-. The van der Waals surface area contributed by atoms with Gasteiger partial charge in [0, 0.05) is 16.6 Å². The Balaban J connectivity index is 1.56. The number of imide groups is 1. The quantitative estimate of drug-likeness (QED) is 0.150. The van der Waals surface area contributed by atoms with E-state index >= 15 is 0 Å². The van der Waals surface area contributed by atoms with E-state index in [9.17, 15) is 19.7 Å². The van der Waals surface area contributed by atoms with Crippen LogP contribution in [-0.2, 0) is 17.9 Å². The molecule has 1 fully saturated rings. The van der Waals surface area contributed by atoms with Crippen molar-refractivity contribution < 1.29 is 24.0 Å². The van der Waals surface area contributed by atoms with Crippen LogP contribution in [0.1, 0.15) is 16.7 Å². The first-order chi connectivity index (χ1) is 17.3. The van der Waals surface area contributed by atoms with E-state index in [-0.39, 0.29) is 17.1 Å². The maximum Gasteiger partial charge on any atom is 0.293 e. The van der Waals surface area contributed by atoms with Crippen LogP contribution >= 0.6 is 43.6 Å². The smallest absolute Gasteiger partial charge is 0.293 e. The number of non-ortho nitro benzene ring substituents is 1. The zero-order valence-electron chi connectivity index (χ0n) is 18.8. The van der Waals surface area contributed by atoms with Crippen LogP contribution in [0.25, 0.3) is 6.08 Å². The molecule has 1 aliphatic heterocycles. The normalized spacial score (nSPS) is 14.4. The van der Waals surface area contributed by atoms with Gasteiger partial charge in [-0.1, -0.05) is 42.5 Å². The van der Waals surface area contributed by atoms with Crippen molar-refractivity contribution in [3.63, 3.8) is 0 Å². The number of halogens is 2. The van der Waals surface area contributed by atoms with Crippen LogP contribution in [0.2, 0.25) is 0 Å². The van der Waals surface area contributed by atoms with Crippen molar-refractivity contribution in [2.75, 3.05) is 7.11 Å². The van der Waals surface area contributed by atoms with Gasteiger partial charge in [0.15, 0.2) is 11.5 Å². The Labute approximate surface area is 227 Å². The Morgan fingerprint density at radius 2 is 1.72 bits per heavy atom. The fraction of sp³-hybridized carbons (Fsp3) is 0.120. The Bertz CT molecular complexity index is 1360. The average molecular weight is 634 g/mol. The van der Waals surface area contributed by atoms with E-state index in [4.69, 9.17) is 9.47 Å².